The first-order valence-corrected chi connectivity index (χ1v) is 12.6. The maximum Gasteiger partial charge on any atom is 0.338 e. The van der Waals surface area contributed by atoms with Gasteiger partial charge in [-0.25, -0.2) is 9.59 Å². The van der Waals surface area contributed by atoms with E-state index in [1.54, 1.807) is 54.6 Å². The van der Waals surface area contributed by atoms with E-state index in [-0.39, 0.29) is 5.92 Å². The molecular weight excluding hydrogens is 460 g/mol. The van der Waals surface area contributed by atoms with Gasteiger partial charge >= 0.3 is 11.9 Å². The van der Waals surface area contributed by atoms with Crippen molar-refractivity contribution in [2.75, 3.05) is 0 Å². The Morgan fingerprint density at radius 3 is 1.94 bits per heavy atom. The fourth-order valence-corrected chi connectivity index (χ4v) is 7.18. The SMILES string of the molecule is CC1CCC(OC(=O)c2ccccc2)C2(C)C(OC(=O)c3ccccc3)C(O)C3C(O)C12OC3(C)C. The Balaban J connectivity index is 1.60. The number of hydrogen-bond acceptors (Lipinski definition) is 7. The zero-order valence-electron chi connectivity index (χ0n) is 21.1. The lowest BCUT2D eigenvalue weighted by Crippen LogP contribution is -2.76. The van der Waals surface area contributed by atoms with E-state index in [0.29, 0.717) is 24.0 Å². The molecule has 7 nitrogen and oxygen atoms in total. The van der Waals surface area contributed by atoms with Crippen LogP contribution >= 0.6 is 0 Å². The second-order valence-electron chi connectivity index (χ2n) is 11.2. The first kappa shape index (κ1) is 24.9. The third kappa shape index (κ3) is 3.44. The van der Waals surface area contributed by atoms with Gasteiger partial charge in [-0.3, -0.25) is 0 Å². The number of carbonyl (C=O) groups is 2. The van der Waals surface area contributed by atoms with Gasteiger partial charge in [0.05, 0.1) is 34.4 Å². The minimum Gasteiger partial charge on any atom is -0.458 e. The van der Waals surface area contributed by atoms with Gasteiger partial charge < -0.3 is 24.4 Å². The Bertz CT molecular complexity index is 1130. The van der Waals surface area contributed by atoms with Crippen molar-refractivity contribution < 1.29 is 34.0 Å². The monoisotopic (exact) mass is 494 g/mol. The number of ether oxygens (including phenoxy) is 3. The first-order chi connectivity index (χ1) is 17.0. The van der Waals surface area contributed by atoms with Crippen LogP contribution in [0.15, 0.2) is 60.7 Å². The minimum absolute atomic E-state index is 0.140. The molecule has 2 aromatic rings. The molecular formula is C29H34O7. The lowest BCUT2D eigenvalue weighted by Gasteiger charge is -2.62. The summed E-state index contributed by atoms with van der Waals surface area (Å²) in [6, 6.07) is 17.3. The molecule has 2 aliphatic carbocycles. The molecule has 2 saturated carbocycles. The summed E-state index contributed by atoms with van der Waals surface area (Å²) in [5, 5.41) is 23.4. The van der Waals surface area contributed by atoms with E-state index in [0.717, 1.165) is 0 Å². The molecule has 0 amide bonds. The van der Waals surface area contributed by atoms with Crippen molar-refractivity contribution in [1.82, 2.24) is 0 Å². The van der Waals surface area contributed by atoms with Crippen LogP contribution in [0.25, 0.3) is 0 Å². The molecule has 0 aromatic heterocycles. The van der Waals surface area contributed by atoms with E-state index < -0.39 is 58.9 Å². The van der Waals surface area contributed by atoms with Gasteiger partial charge in [-0.05, 0) is 63.8 Å². The summed E-state index contributed by atoms with van der Waals surface area (Å²) in [6.45, 7) is 7.50. The van der Waals surface area contributed by atoms with Crippen LogP contribution in [0.1, 0.15) is 61.3 Å². The average Bonchev–Trinajstić information content (AvgIpc) is 3.06. The number of aliphatic hydroxyl groups is 2. The van der Waals surface area contributed by atoms with Crippen LogP contribution in [-0.4, -0.2) is 57.8 Å². The standard InChI is InChI=1S/C29H34O7/c1-17-15-16-20(34-25(32)18-11-7-5-8-12-18)28(4)24(35-26(33)19-13-9-6-10-14-19)22(30)21-23(31)29(17,28)36-27(21,2)3/h5-14,17,20-24,30-31H,15-16H2,1-4H3. The second-order valence-corrected chi connectivity index (χ2v) is 11.2. The number of esters is 2. The highest BCUT2D eigenvalue weighted by Crippen LogP contribution is 2.66. The molecule has 192 valence electrons. The van der Waals surface area contributed by atoms with Gasteiger partial charge in [-0.15, -0.1) is 0 Å². The Morgan fingerprint density at radius 2 is 1.39 bits per heavy atom. The van der Waals surface area contributed by atoms with Crippen molar-refractivity contribution in [2.45, 2.75) is 76.2 Å². The predicted octanol–water partition coefficient (Wildman–Crippen LogP) is 3.77. The molecule has 3 fully saturated rings. The van der Waals surface area contributed by atoms with Crippen molar-refractivity contribution in [2.24, 2.45) is 17.3 Å². The van der Waals surface area contributed by atoms with Crippen LogP contribution < -0.4 is 0 Å². The van der Waals surface area contributed by atoms with E-state index in [4.69, 9.17) is 14.2 Å². The van der Waals surface area contributed by atoms with Gasteiger partial charge in [0.2, 0.25) is 0 Å². The highest BCUT2D eigenvalue weighted by molar-refractivity contribution is 5.90. The predicted molar refractivity (Wildman–Crippen MR) is 131 cm³/mol. The molecule has 2 bridgehead atoms. The van der Waals surface area contributed by atoms with Crippen LogP contribution in [0, 0.1) is 17.3 Å². The summed E-state index contributed by atoms with van der Waals surface area (Å²) in [5.41, 5.74) is -2.56. The highest BCUT2D eigenvalue weighted by Gasteiger charge is 2.80. The van der Waals surface area contributed by atoms with Crippen molar-refractivity contribution in [3.8, 4) is 0 Å². The summed E-state index contributed by atoms with van der Waals surface area (Å²) in [7, 11) is 0. The molecule has 7 heteroatoms. The lowest BCUT2D eigenvalue weighted by molar-refractivity contribution is -0.292. The fraction of sp³-hybridized carbons (Fsp3) is 0.517. The largest absolute Gasteiger partial charge is 0.458 e. The molecule has 36 heavy (non-hydrogen) atoms. The van der Waals surface area contributed by atoms with Crippen LogP contribution in [-0.2, 0) is 14.2 Å². The molecule has 0 radical (unpaired) electrons. The summed E-state index contributed by atoms with van der Waals surface area (Å²) < 4.78 is 18.9. The number of hydrogen-bond donors (Lipinski definition) is 2. The highest BCUT2D eigenvalue weighted by atomic mass is 16.6. The Labute approximate surface area is 211 Å². The summed E-state index contributed by atoms with van der Waals surface area (Å²) in [6.07, 6.45) is -2.99. The van der Waals surface area contributed by atoms with Crippen molar-refractivity contribution in [3.05, 3.63) is 71.8 Å². The van der Waals surface area contributed by atoms with E-state index in [2.05, 4.69) is 0 Å². The Kier molecular flexibility index (Phi) is 6.01. The van der Waals surface area contributed by atoms with Gasteiger partial charge in [0.15, 0.2) is 0 Å². The van der Waals surface area contributed by atoms with Gasteiger partial charge in [0, 0.05) is 5.92 Å². The van der Waals surface area contributed by atoms with Gasteiger partial charge in [0.25, 0.3) is 0 Å². The van der Waals surface area contributed by atoms with Crippen LogP contribution in [0.2, 0.25) is 0 Å². The fourth-order valence-electron chi connectivity index (χ4n) is 7.18. The van der Waals surface area contributed by atoms with Crippen LogP contribution in [0.5, 0.6) is 0 Å². The van der Waals surface area contributed by atoms with E-state index in [9.17, 15) is 19.8 Å². The summed E-state index contributed by atoms with van der Waals surface area (Å²) in [5.74, 6) is -1.93. The summed E-state index contributed by atoms with van der Waals surface area (Å²) >= 11 is 0. The topological polar surface area (TPSA) is 102 Å². The first-order valence-electron chi connectivity index (χ1n) is 12.6. The smallest absolute Gasteiger partial charge is 0.338 e. The van der Waals surface area contributed by atoms with Crippen molar-refractivity contribution in [1.29, 1.82) is 0 Å². The maximum atomic E-state index is 13.2. The zero-order chi connectivity index (χ0) is 25.9. The van der Waals surface area contributed by atoms with Crippen LogP contribution in [0.3, 0.4) is 0 Å². The van der Waals surface area contributed by atoms with E-state index in [1.165, 1.54) is 0 Å². The minimum atomic E-state index is -1.23. The molecule has 8 atom stereocenters. The average molecular weight is 495 g/mol. The van der Waals surface area contributed by atoms with Gasteiger partial charge in [-0.2, -0.15) is 0 Å². The third-order valence-electron chi connectivity index (χ3n) is 8.89. The lowest BCUT2D eigenvalue weighted by atomic mass is 9.48. The molecule has 2 N–H and O–H groups in total. The number of benzene rings is 2. The number of fused-ring (bicyclic) bond motifs is 1. The molecule has 8 unspecified atom stereocenters. The molecule has 1 saturated heterocycles. The molecule has 3 aliphatic rings. The van der Waals surface area contributed by atoms with Gasteiger partial charge in [0.1, 0.15) is 17.8 Å². The number of aliphatic hydroxyl groups excluding tert-OH is 2. The molecule has 1 heterocycles. The van der Waals surface area contributed by atoms with Crippen molar-refractivity contribution >= 4 is 11.9 Å². The van der Waals surface area contributed by atoms with E-state index >= 15 is 0 Å². The van der Waals surface area contributed by atoms with Crippen molar-refractivity contribution in [3.63, 3.8) is 0 Å². The summed E-state index contributed by atoms with van der Waals surface area (Å²) in [4.78, 5) is 26.4. The molecule has 1 aliphatic heterocycles. The Hall–Kier alpha value is -2.74. The molecule has 1 spiro atoms. The maximum absolute atomic E-state index is 13.2. The van der Waals surface area contributed by atoms with Crippen LogP contribution in [0.4, 0.5) is 0 Å². The number of rotatable bonds is 4. The Morgan fingerprint density at radius 1 is 0.861 bits per heavy atom. The van der Waals surface area contributed by atoms with E-state index in [1.807, 2.05) is 33.8 Å². The molecule has 2 aromatic carbocycles. The van der Waals surface area contributed by atoms with Gasteiger partial charge in [-0.1, -0.05) is 43.3 Å². The third-order valence-corrected chi connectivity index (χ3v) is 8.89. The normalized spacial score (nSPS) is 38.6. The number of carbonyl (C=O) groups excluding carboxylic acids is 2. The second kappa shape index (κ2) is 8.68. The molecule has 5 rings (SSSR count). The quantitative estimate of drug-likeness (QED) is 0.624. The zero-order valence-corrected chi connectivity index (χ0v) is 21.1.